The van der Waals surface area contributed by atoms with Crippen molar-refractivity contribution in [2.45, 2.75) is 94.4 Å². The molecule has 32 heavy (non-hydrogen) atoms. The molecule has 0 radical (unpaired) electrons. The van der Waals surface area contributed by atoms with Gasteiger partial charge in [-0.1, -0.05) is 60.6 Å². The Hall–Kier alpha value is -1.77. The Bertz CT molecular complexity index is 885. The SMILES string of the molecule is C=S(=O)(CC(C)(C)CC(C)(C)CC(C)=O)NC(=O)CC(C)(C)CC(C)(C)Cc1nn[nH]n1. The first-order valence-electron chi connectivity index (χ1n) is 11.1. The fourth-order valence-electron chi connectivity index (χ4n) is 5.53. The summed E-state index contributed by atoms with van der Waals surface area (Å²) in [5.41, 5.74) is -0.996. The molecule has 1 rings (SSSR count). The van der Waals surface area contributed by atoms with Crippen molar-refractivity contribution in [3.05, 3.63) is 5.82 Å². The maximum Gasteiger partial charge on any atom is 0.231 e. The molecule has 0 aliphatic carbocycles. The van der Waals surface area contributed by atoms with E-state index in [1.54, 1.807) is 6.92 Å². The Kier molecular flexibility index (Phi) is 8.84. The number of Topliss-reactive ketones (excluding diaryl/α,β-unsaturated/α-hetero) is 1. The van der Waals surface area contributed by atoms with Gasteiger partial charge in [0.1, 0.15) is 5.78 Å². The monoisotopic (exact) mass is 469 g/mol. The molecule has 0 saturated heterocycles. The van der Waals surface area contributed by atoms with E-state index in [2.05, 4.69) is 45.1 Å². The molecule has 0 saturated carbocycles. The second-order valence-corrected chi connectivity index (χ2v) is 14.7. The van der Waals surface area contributed by atoms with Gasteiger partial charge in [0, 0.05) is 34.7 Å². The first-order valence-corrected chi connectivity index (χ1v) is 13.0. The molecule has 8 nitrogen and oxygen atoms in total. The summed E-state index contributed by atoms with van der Waals surface area (Å²) in [4.78, 5) is 24.3. The van der Waals surface area contributed by atoms with Gasteiger partial charge < -0.3 is 4.79 Å². The van der Waals surface area contributed by atoms with E-state index in [1.165, 1.54) is 0 Å². The molecule has 184 valence electrons. The van der Waals surface area contributed by atoms with Gasteiger partial charge in [0.15, 0.2) is 5.82 Å². The molecular formula is C23H43N5O3S. The molecule has 9 heteroatoms. The summed E-state index contributed by atoms with van der Waals surface area (Å²) in [6, 6.07) is 0. The number of carbonyl (C=O) groups is 2. The van der Waals surface area contributed by atoms with Gasteiger partial charge in [-0.3, -0.25) is 9.52 Å². The Morgan fingerprint density at radius 1 is 0.938 bits per heavy atom. The normalized spacial score (nSPS) is 15.3. The number of carbonyl (C=O) groups excluding carboxylic acids is 2. The minimum atomic E-state index is -2.81. The van der Waals surface area contributed by atoms with E-state index in [9.17, 15) is 13.8 Å². The highest BCUT2D eigenvalue weighted by Crippen LogP contribution is 2.39. The number of hydrogen-bond donors (Lipinski definition) is 2. The van der Waals surface area contributed by atoms with Crippen molar-refractivity contribution in [3.63, 3.8) is 0 Å². The summed E-state index contributed by atoms with van der Waals surface area (Å²) in [5.74, 6) is 4.63. The third-order valence-electron chi connectivity index (χ3n) is 5.23. The van der Waals surface area contributed by atoms with Crippen molar-refractivity contribution >= 4 is 27.3 Å². The number of ketones is 1. The first-order chi connectivity index (χ1) is 14.2. The molecule has 0 aliphatic heterocycles. The maximum absolute atomic E-state index is 13.2. The van der Waals surface area contributed by atoms with Crippen LogP contribution in [0.4, 0.5) is 0 Å². The predicted octanol–water partition coefficient (Wildman–Crippen LogP) is 3.74. The molecule has 1 atom stereocenters. The van der Waals surface area contributed by atoms with Crippen LogP contribution in [0, 0.1) is 21.7 Å². The van der Waals surface area contributed by atoms with Gasteiger partial charge in [0.05, 0.1) is 0 Å². The van der Waals surface area contributed by atoms with E-state index >= 15 is 0 Å². The zero-order chi connectivity index (χ0) is 25.0. The summed E-state index contributed by atoms with van der Waals surface area (Å²) >= 11 is 0. The highest BCUT2D eigenvalue weighted by molar-refractivity contribution is 7.99. The van der Waals surface area contributed by atoms with Gasteiger partial charge in [-0.2, -0.15) is 5.21 Å². The Morgan fingerprint density at radius 2 is 1.47 bits per heavy atom. The zero-order valence-electron chi connectivity index (χ0n) is 21.4. The quantitative estimate of drug-likeness (QED) is 0.425. The summed E-state index contributed by atoms with van der Waals surface area (Å²) in [5, 5.41) is 14.1. The van der Waals surface area contributed by atoms with Crippen molar-refractivity contribution in [2.75, 3.05) is 5.75 Å². The smallest absolute Gasteiger partial charge is 0.231 e. The lowest BCUT2D eigenvalue weighted by Gasteiger charge is -2.36. The lowest BCUT2D eigenvalue weighted by Crippen LogP contribution is -2.40. The van der Waals surface area contributed by atoms with Crippen LogP contribution in [0.3, 0.4) is 0 Å². The summed E-state index contributed by atoms with van der Waals surface area (Å²) in [6.45, 7) is 18.0. The Morgan fingerprint density at radius 3 is 1.97 bits per heavy atom. The van der Waals surface area contributed by atoms with E-state index in [0.29, 0.717) is 25.1 Å². The fourth-order valence-corrected chi connectivity index (χ4v) is 7.46. The maximum atomic E-state index is 13.2. The van der Waals surface area contributed by atoms with E-state index in [4.69, 9.17) is 0 Å². The van der Waals surface area contributed by atoms with Crippen molar-refractivity contribution in [1.82, 2.24) is 25.3 Å². The molecule has 0 aliphatic rings. The van der Waals surface area contributed by atoms with Crippen molar-refractivity contribution in [2.24, 2.45) is 21.7 Å². The van der Waals surface area contributed by atoms with Crippen LogP contribution in [0.5, 0.6) is 0 Å². The second kappa shape index (κ2) is 10.0. The number of aromatic amines is 1. The summed E-state index contributed by atoms with van der Waals surface area (Å²) < 4.78 is 15.9. The standard InChI is InChI=1S/C23H43N5O3S/c1-17(29)11-20(2,3)15-23(8,9)16-32(10,31)26-19(30)13-22(6,7)14-21(4,5)12-18-24-27-28-25-18/h10-16H2,1-9H3,(H,26,30,31)(H,24,25,27,28). The van der Waals surface area contributed by atoms with Crippen LogP contribution in [-0.2, 0) is 25.7 Å². The molecule has 1 heterocycles. The van der Waals surface area contributed by atoms with Crippen molar-refractivity contribution < 1.29 is 13.8 Å². The predicted molar refractivity (Wildman–Crippen MR) is 130 cm³/mol. The number of tetrazole rings is 1. The fraction of sp³-hybridized carbons (Fsp3) is 0.826. The molecule has 0 aromatic carbocycles. The molecule has 0 bridgehead atoms. The Balaban J connectivity index is 2.71. The minimum Gasteiger partial charge on any atom is -0.300 e. The molecular weight excluding hydrogens is 426 g/mol. The summed E-state index contributed by atoms with van der Waals surface area (Å²) in [6.07, 6.45) is 2.81. The summed E-state index contributed by atoms with van der Waals surface area (Å²) in [7, 11) is -2.81. The van der Waals surface area contributed by atoms with Crippen LogP contribution in [0.15, 0.2) is 0 Å². The average molecular weight is 470 g/mol. The molecule has 0 spiro atoms. The van der Waals surface area contributed by atoms with Crippen LogP contribution < -0.4 is 4.72 Å². The number of H-pyrrole nitrogens is 1. The van der Waals surface area contributed by atoms with Gasteiger partial charge in [-0.25, -0.2) is 4.21 Å². The number of rotatable bonds is 13. The molecule has 1 aromatic rings. The molecule has 1 unspecified atom stereocenters. The second-order valence-electron chi connectivity index (χ2n) is 12.6. The van der Waals surface area contributed by atoms with E-state index in [-0.39, 0.29) is 45.5 Å². The van der Waals surface area contributed by atoms with Crippen molar-refractivity contribution in [3.8, 4) is 0 Å². The Labute approximate surface area is 194 Å². The number of amides is 1. The molecule has 2 N–H and O–H groups in total. The molecule has 0 fully saturated rings. The number of nitrogens with one attached hydrogen (secondary N) is 2. The van der Waals surface area contributed by atoms with Crippen molar-refractivity contribution in [1.29, 1.82) is 0 Å². The highest BCUT2D eigenvalue weighted by Gasteiger charge is 2.34. The minimum absolute atomic E-state index is 0.135. The van der Waals surface area contributed by atoms with Gasteiger partial charge in [-0.15, -0.1) is 10.2 Å². The van der Waals surface area contributed by atoms with Crippen LogP contribution in [0.2, 0.25) is 0 Å². The van der Waals surface area contributed by atoms with Gasteiger partial charge in [-0.05, 0) is 47.3 Å². The van der Waals surface area contributed by atoms with Gasteiger partial charge in [0.2, 0.25) is 5.91 Å². The van der Waals surface area contributed by atoms with E-state index in [1.807, 2.05) is 41.5 Å². The van der Waals surface area contributed by atoms with Crippen LogP contribution >= 0.6 is 0 Å². The van der Waals surface area contributed by atoms with Crippen LogP contribution in [0.1, 0.15) is 93.8 Å². The first kappa shape index (κ1) is 28.3. The third kappa shape index (κ3) is 11.2. The van der Waals surface area contributed by atoms with Crippen LogP contribution in [-0.4, -0.2) is 48.1 Å². The lowest BCUT2D eigenvalue weighted by atomic mass is 9.71. The lowest BCUT2D eigenvalue weighted by molar-refractivity contribution is -0.121. The molecule has 1 amide bonds. The van der Waals surface area contributed by atoms with Crippen LogP contribution in [0.25, 0.3) is 0 Å². The number of hydrogen-bond acceptors (Lipinski definition) is 6. The zero-order valence-corrected chi connectivity index (χ0v) is 22.2. The highest BCUT2D eigenvalue weighted by atomic mass is 32.2. The van der Waals surface area contributed by atoms with E-state index < -0.39 is 9.71 Å². The molecule has 1 aromatic heterocycles. The van der Waals surface area contributed by atoms with Gasteiger partial charge >= 0.3 is 0 Å². The average Bonchev–Trinajstić information content (AvgIpc) is 2.90. The van der Waals surface area contributed by atoms with Gasteiger partial charge in [0.25, 0.3) is 0 Å². The third-order valence-corrected chi connectivity index (χ3v) is 7.08. The largest absolute Gasteiger partial charge is 0.300 e. The topological polar surface area (TPSA) is 118 Å². The number of aromatic nitrogens is 4. The van der Waals surface area contributed by atoms with E-state index in [0.717, 1.165) is 6.42 Å². The number of nitrogens with zero attached hydrogens (tertiary/aromatic N) is 3.